The Morgan fingerprint density at radius 1 is 1.31 bits per heavy atom. The summed E-state index contributed by atoms with van der Waals surface area (Å²) in [6.07, 6.45) is 0.902. The van der Waals surface area contributed by atoms with Crippen molar-refractivity contribution in [2.45, 2.75) is 13.3 Å². The van der Waals surface area contributed by atoms with E-state index in [-0.39, 0.29) is 0 Å². The van der Waals surface area contributed by atoms with Gasteiger partial charge in [-0.3, -0.25) is 0 Å². The Balaban J connectivity index is 1.82. The number of rotatable bonds is 4. The van der Waals surface area contributed by atoms with E-state index in [9.17, 15) is 0 Å². The zero-order valence-corrected chi connectivity index (χ0v) is 9.79. The number of nitrogens with one attached hydrogen (secondary N) is 1. The maximum atomic E-state index is 9.13. The molecular formula is C11H13N3OS. The monoisotopic (exact) mass is 235 g/mol. The van der Waals surface area contributed by atoms with Gasteiger partial charge in [0.15, 0.2) is 0 Å². The third kappa shape index (κ3) is 2.93. The molecule has 0 fully saturated rings. The smallest absolute Gasteiger partial charge is 0.202 e. The molecule has 0 radical (unpaired) electrons. The van der Waals surface area contributed by atoms with Gasteiger partial charge in [0.05, 0.1) is 0 Å². The molecule has 1 heterocycles. The number of phenols is 1. The molecule has 5 heteroatoms. The third-order valence-electron chi connectivity index (χ3n) is 2.15. The molecule has 4 nitrogen and oxygen atoms in total. The summed E-state index contributed by atoms with van der Waals surface area (Å²) < 4.78 is 4.09. The summed E-state index contributed by atoms with van der Waals surface area (Å²) in [4.78, 5) is 4.21. The molecule has 0 aliphatic heterocycles. The van der Waals surface area contributed by atoms with Gasteiger partial charge in [-0.1, -0.05) is 12.1 Å². The van der Waals surface area contributed by atoms with Gasteiger partial charge in [0.25, 0.3) is 0 Å². The molecule has 0 amide bonds. The van der Waals surface area contributed by atoms with Crippen LogP contribution in [0.15, 0.2) is 24.3 Å². The Bertz CT molecular complexity index is 453. The Kier molecular flexibility index (Phi) is 3.36. The lowest BCUT2D eigenvalue weighted by Crippen LogP contribution is -2.04. The van der Waals surface area contributed by atoms with Gasteiger partial charge >= 0.3 is 0 Å². The van der Waals surface area contributed by atoms with E-state index < -0.39 is 0 Å². The number of aromatic hydroxyl groups is 1. The molecular weight excluding hydrogens is 222 g/mol. The zero-order valence-electron chi connectivity index (χ0n) is 8.97. The van der Waals surface area contributed by atoms with Crippen molar-refractivity contribution in [1.82, 2.24) is 9.36 Å². The number of hydrogen-bond donors (Lipinski definition) is 2. The zero-order chi connectivity index (χ0) is 11.4. The van der Waals surface area contributed by atoms with Gasteiger partial charge in [-0.15, -0.1) is 0 Å². The summed E-state index contributed by atoms with van der Waals surface area (Å²) in [5, 5.41) is 13.2. The van der Waals surface area contributed by atoms with Crippen molar-refractivity contribution in [3.8, 4) is 5.75 Å². The number of aromatic nitrogens is 2. The molecule has 0 saturated carbocycles. The second-order valence-electron chi connectivity index (χ2n) is 3.49. The normalized spacial score (nSPS) is 10.3. The lowest BCUT2D eigenvalue weighted by Gasteiger charge is -2.02. The molecule has 1 aromatic heterocycles. The first-order valence-corrected chi connectivity index (χ1v) is 5.83. The highest BCUT2D eigenvalue weighted by atomic mass is 32.1. The SMILES string of the molecule is Cc1nsc(NCCc2ccc(O)cc2)n1. The maximum Gasteiger partial charge on any atom is 0.202 e. The van der Waals surface area contributed by atoms with Gasteiger partial charge in [0, 0.05) is 18.1 Å². The minimum absolute atomic E-state index is 0.302. The standard InChI is InChI=1S/C11H13N3OS/c1-8-13-11(16-14-8)12-7-6-9-2-4-10(15)5-3-9/h2-5,15H,6-7H2,1H3,(H,12,13,14). The van der Waals surface area contributed by atoms with E-state index in [1.54, 1.807) is 12.1 Å². The van der Waals surface area contributed by atoms with E-state index in [1.807, 2.05) is 19.1 Å². The largest absolute Gasteiger partial charge is 0.508 e. The fourth-order valence-corrected chi connectivity index (χ4v) is 1.94. The average molecular weight is 235 g/mol. The fraction of sp³-hybridized carbons (Fsp3) is 0.273. The summed E-state index contributed by atoms with van der Waals surface area (Å²) >= 11 is 1.37. The number of hydrogen-bond acceptors (Lipinski definition) is 5. The number of anilines is 1. The molecule has 2 rings (SSSR count). The van der Waals surface area contributed by atoms with Gasteiger partial charge in [0.1, 0.15) is 11.6 Å². The minimum Gasteiger partial charge on any atom is -0.508 e. The Morgan fingerprint density at radius 3 is 2.69 bits per heavy atom. The molecule has 2 N–H and O–H groups in total. The maximum absolute atomic E-state index is 9.13. The van der Waals surface area contributed by atoms with Crippen LogP contribution >= 0.6 is 11.5 Å². The van der Waals surface area contributed by atoms with E-state index in [0.29, 0.717) is 5.75 Å². The molecule has 0 atom stereocenters. The Labute approximate surface area is 98.1 Å². The van der Waals surface area contributed by atoms with E-state index in [0.717, 1.165) is 23.9 Å². The summed E-state index contributed by atoms with van der Waals surface area (Å²) in [5.41, 5.74) is 1.19. The third-order valence-corrected chi connectivity index (χ3v) is 2.92. The van der Waals surface area contributed by atoms with E-state index in [2.05, 4.69) is 14.7 Å². The molecule has 0 saturated heterocycles. The first-order chi connectivity index (χ1) is 7.74. The Hall–Kier alpha value is -1.62. The predicted molar refractivity (Wildman–Crippen MR) is 64.9 cm³/mol. The first kappa shape index (κ1) is 10.9. The predicted octanol–water partition coefficient (Wildman–Crippen LogP) is 2.21. The van der Waals surface area contributed by atoms with Crippen LogP contribution in [0, 0.1) is 6.92 Å². The van der Waals surface area contributed by atoms with Crippen molar-refractivity contribution < 1.29 is 5.11 Å². The molecule has 84 valence electrons. The van der Waals surface area contributed by atoms with Crippen molar-refractivity contribution in [2.75, 3.05) is 11.9 Å². The molecule has 0 bridgehead atoms. The molecule has 2 aromatic rings. The van der Waals surface area contributed by atoms with Gasteiger partial charge in [-0.2, -0.15) is 4.37 Å². The summed E-state index contributed by atoms with van der Waals surface area (Å²) in [6.45, 7) is 2.70. The van der Waals surface area contributed by atoms with Crippen molar-refractivity contribution in [1.29, 1.82) is 0 Å². The van der Waals surface area contributed by atoms with Gasteiger partial charge in [-0.25, -0.2) is 4.98 Å². The van der Waals surface area contributed by atoms with Crippen LogP contribution in [-0.2, 0) is 6.42 Å². The van der Waals surface area contributed by atoms with Crippen LogP contribution < -0.4 is 5.32 Å². The van der Waals surface area contributed by atoms with E-state index in [4.69, 9.17) is 5.11 Å². The molecule has 1 aromatic carbocycles. The number of aryl methyl sites for hydroxylation is 1. The quantitative estimate of drug-likeness (QED) is 0.853. The molecule has 16 heavy (non-hydrogen) atoms. The summed E-state index contributed by atoms with van der Waals surface area (Å²) in [7, 11) is 0. The van der Waals surface area contributed by atoms with Crippen molar-refractivity contribution in [2.24, 2.45) is 0 Å². The van der Waals surface area contributed by atoms with Crippen molar-refractivity contribution in [3.63, 3.8) is 0 Å². The van der Waals surface area contributed by atoms with Gasteiger partial charge in [-0.05, 0) is 31.0 Å². The van der Waals surface area contributed by atoms with Crippen LogP contribution in [0.4, 0.5) is 5.13 Å². The van der Waals surface area contributed by atoms with Crippen LogP contribution in [0.2, 0.25) is 0 Å². The first-order valence-electron chi connectivity index (χ1n) is 5.06. The highest BCUT2D eigenvalue weighted by Gasteiger charge is 1.99. The number of nitrogens with zero attached hydrogens (tertiary/aromatic N) is 2. The molecule has 0 spiro atoms. The summed E-state index contributed by atoms with van der Waals surface area (Å²) in [5.74, 6) is 1.11. The minimum atomic E-state index is 0.302. The Morgan fingerprint density at radius 2 is 2.06 bits per heavy atom. The lowest BCUT2D eigenvalue weighted by molar-refractivity contribution is 0.475. The highest BCUT2D eigenvalue weighted by Crippen LogP contribution is 2.12. The van der Waals surface area contributed by atoms with Crippen molar-refractivity contribution in [3.05, 3.63) is 35.7 Å². The topological polar surface area (TPSA) is 58.0 Å². The van der Waals surface area contributed by atoms with Gasteiger partial charge in [0.2, 0.25) is 5.13 Å². The van der Waals surface area contributed by atoms with Crippen LogP contribution in [0.3, 0.4) is 0 Å². The summed E-state index contributed by atoms with van der Waals surface area (Å²) in [6, 6.07) is 7.24. The average Bonchev–Trinajstić information content (AvgIpc) is 2.67. The second-order valence-corrected chi connectivity index (χ2v) is 4.24. The van der Waals surface area contributed by atoms with Crippen LogP contribution in [0.1, 0.15) is 11.4 Å². The number of phenolic OH excluding ortho intramolecular Hbond substituents is 1. The second kappa shape index (κ2) is 4.94. The highest BCUT2D eigenvalue weighted by molar-refractivity contribution is 7.09. The van der Waals surface area contributed by atoms with Crippen molar-refractivity contribution >= 4 is 16.7 Å². The molecule has 0 unspecified atom stereocenters. The van der Waals surface area contributed by atoms with Gasteiger partial charge < -0.3 is 10.4 Å². The van der Waals surface area contributed by atoms with Crippen LogP contribution in [-0.4, -0.2) is 21.0 Å². The van der Waals surface area contributed by atoms with Crippen LogP contribution in [0.5, 0.6) is 5.75 Å². The molecule has 0 aliphatic rings. The van der Waals surface area contributed by atoms with E-state index >= 15 is 0 Å². The van der Waals surface area contributed by atoms with Crippen LogP contribution in [0.25, 0.3) is 0 Å². The lowest BCUT2D eigenvalue weighted by atomic mass is 10.1. The molecule has 0 aliphatic carbocycles. The van der Waals surface area contributed by atoms with E-state index in [1.165, 1.54) is 17.1 Å². The number of benzene rings is 1. The fourth-order valence-electron chi connectivity index (χ4n) is 1.35.